The Hall–Kier alpha value is -0.460. The summed E-state index contributed by atoms with van der Waals surface area (Å²) in [7, 11) is 0. The third-order valence-corrected chi connectivity index (χ3v) is 2.05. The predicted octanol–water partition coefficient (Wildman–Crippen LogP) is -1.51. The molecule has 0 rings (SSSR count). The smallest absolute Gasteiger partial charge is 0.0132 e. The first kappa shape index (κ1) is 15.5. The van der Waals surface area contributed by atoms with E-state index >= 15 is 0 Å². The molecule has 0 bridgehead atoms. The van der Waals surface area contributed by atoms with Crippen LogP contribution in [0.2, 0.25) is 0 Å². The largest absolute Gasteiger partial charge is 0.329 e. The highest BCUT2D eigenvalue weighted by molar-refractivity contribution is 4.69. The van der Waals surface area contributed by atoms with Gasteiger partial charge in [-0.15, -0.1) is 6.58 Å². The quantitative estimate of drug-likeness (QED) is 0.196. The third kappa shape index (κ3) is 13.5. The van der Waals surface area contributed by atoms with Gasteiger partial charge in [0, 0.05) is 58.9 Å². The minimum atomic E-state index is 0.708. The molecule has 0 amide bonds. The van der Waals surface area contributed by atoms with Crippen LogP contribution in [0, 0.1) is 0 Å². The first-order valence-electron chi connectivity index (χ1n) is 6.05. The number of nitrogens with one attached hydrogen (secondary N) is 4. The van der Waals surface area contributed by atoms with Gasteiger partial charge in [0.15, 0.2) is 0 Å². The third-order valence-electron chi connectivity index (χ3n) is 2.05. The van der Waals surface area contributed by atoms with Gasteiger partial charge in [-0.25, -0.2) is 0 Å². The van der Waals surface area contributed by atoms with Gasteiger partial charge >= 0.3 is 0 Å². The zero-order valence-electron chi connectivity index (χ0n) is 10.2. The minimum absolute atomic E-state index is 0.708. The fraction of sp³-hybridized carbons (Fsp3) is 0.818. The molecule has 0 aliphatic rings. The zero-order valence-corrected chi connectivity index (χ0v) is 10.2. The van der Waals surface area contributed by atoms with Crippen LogP contribution < -0.4 is 27.0 Å². The van der Waals surface area contributed by atoms with Crippen LogP contribution in [-0.4, -0.2) is 58.9 Å². The van der Waals surface area contributed by atoms with Crippen molar-refractivity contribution in [2.24, 2.45) is 5.73 Å². The molecule has 96 valence electrons. The summed E-state index contributed by atoms with van der Waals surface area (Å²) in [4.78, 5) is 0. The first-order chi connectivity index (χ1) is 7.91. The Labute approximate surface area is 99.2 Å². The number of hydrogen-bond donors (Lipinski definition) is 5. The minimum Gasteiger partial charge on any atom is -0.329 e. The van der Waals surface area contributed by atoms with Gasteiger partial charge in [-0.05, 0) is 0 Å². The molecule has 0 aromatic rings. The van der Waals surface area contributed by atoms with Crippen molar-refractivity contribution in [1.82, 2.24) is 21.3 Å². The lowest BCUT2D eigenvalue weighted by Crippen LogP contribution is -2.36. The maximum atomic E-state index is 5.35. The summed E-state index contributed by atoms with van der Waals surface area (Å²) in [5, 5.41) is 13.2. The van der Waals surface area contributed by atoms with Crippen molar-refractivity contribution in [3.8, 4) is 0 Å². The highest BCUT2D eigenvalue weighted by atomic mass is 15.0. The summed E-state index contributed by atoms with van der Waals surface area (Å²) in [5.74, 6) is 0. The zero-order chi connectivity index (χ0) is 11.9. The second kappa shape index (κ2) is 14.5. The molecule has 0 aliphatic heterocycles. The van der Waals surface area contributed by atoms with E-state index in [0.717, 1.165) is 52.4 Å². The maximum absolute atomic E-state index is 5.35. The highest BCUT2D eigenvalue weighted by Crippen LogP contribution is 1.63. The molecule has 0 atom stereocenters. The number of nitrogens with two attached hydrogens (primary N) is 1. The van der Waals surface area contributed by atoms with E-state index in [0.29, 0.717) is 6.54 Å². The van der Waals surface area contributed by atoms with Gasteiger partial charge in [0.25, 0.3) is 0 Å². The van der Waals surface area contributed by atoms with E-state index in [1.54, 1.807) is 0 Å². The van der Waals surface area contributed by atoms with Gasteiger partial charge < -0.3 is 27.0 Å². The van der Waals surface area contributed by atoms with Crippen molar-refractivity contribution in [2.45, 2.75) is 0 Å². The molecular weight excluding hydrogens is 202 g/mol. The van der Waals surface area contributed by atoms with Gasteiger partial charge in [-0.3, -0.25) is 0 Å². The van der Waals surface area contributed by atoms with Crippen molar-refractivity contribution in [1.29, 1.82) is 0 Å². The Morgan fingerprint density at radius 1 is 0.750 bits per heavy atom. The first-order valence-corrected chi connectivity index (χ1v) is 6.05. The van der Waals surface area contributed by atoms with E-state index in [9.17, 15) is 0 Å². The molecule has 0 saturated carbocycles. The van der Waals surface area contributed by atoms with E-state index in [1.165, 1.54) is 0 Å². The molecule has 0 fully saturated rings. The second-order valence-electron chi connectivity index (χ2n) is 3.53. The van der Waals surface area contributed by atoms with E-state index in [-0.39, 0.29) is 0 Å². The normalized spacial score (nSPS) is 10.6. The van der Waals surface area contributed by atoms with Gasteiger partial charge in [0.05, 0.1) is 0 Å². The van der Waals surface area contributed by atoms with E-state index in [4.69, 9.17) is 5.73 Å². The van der Waals surface area contributed by atoms with Crippen LogP contribution in [0.4, 0.5) is 0 Å². The monoisotopic (exact) mass is 229 g/mol. The van der Waals surface area contributed by atoms with Crippen molar-refractivity contribution in [2.75, 3.05) is 58.9 Å². The summed E-state index contributed by atoms with van der Waals surface area (Å²) in [5.41, 5.74) is 5.35. The molecule has 5 nitrogen and oxygen atoms in total. The molecule has 0 aromatic heterocycles. The van der Waals surface area contributed by atoms with Gasteiger partial charge in [0.1, 0.15) is 0 Å². The van der Waals surface area contributed by atoms with Crippen LogP contribution in [0.25, 0.3) is 0 Å². The number of hydrogen-bond acceptors (Lipinski definition) is 5. The van der Waals surface area contributed by atoms with Gasteiger partial charge in [-0.1, -0.05) is 6.08 Å². The molecule has 0 spiro atoms. The standard InChI is InChI=1S/C11H27N5/c1-2-4-13-6-8-15-10-11-16-9-7-14-5-3-12/h2,13-16H,1,3-12H2. The molecule has 0 heterocycles. The van der Waals surface area contributed by atoms with E-state index in [1.807, 2.05) is 6.08 Å². The van der Waals surface area contributed by atoms with E-state index < -0.39 is 0 Å². The summed E-state index contributed by atoms with van der Waals surface area (Å²) in [6.07, 6.45) is 1.87. The van der Waals surface area contributed by atoms with E-state index in [2.05, 4.69) is 27.8 Å². The topological polar surface area (TPSA) is 74.1 Å². The number of rotatable bonds is 13. The Balaban J connectivity index is 2.85. The lowest BCUT2D eigenvalue weighted by molar-refractivity contribution is 0.574. The van der Waals surface area contributed by atoms with Crippen LogP contribution in [0.3, 0.4) is 0 Å². The summed E-state index contributed by atoms with van der Waals surface area (Å²) in [6, 6.07) is 0. The fourth-order valence-corrected chi connectivity index (χ4v) is 1.21. The van der Waals surface area contributed by atoms with Crippen LogP contribution in [0.15, 0.2) is 12.7 Å². The molecule has 0 aromatic carbocycles. The molecule has 0 saturated heterocycles. The highest BCUT2D eigenvalue weighted by Gasteiger charge is 1.88. The Kier molecular flexibility index (Phi) is 14.1. The molecule has 0 aliphatic carbocycles. The Morgan fingerprint density at radius 3 is 1.62 bits per heavy atom. The van der Waals surface area contributed by atoms with Crippen LogP contribution in [-0.2, 0) is 0 Å². The van der Waals surface area contributed by atoms with Crippen molar-refractivity contribution in [3.05, 3.63) is 12.7 Å². The van der Waals surface area contributed by atoms with Gasteiger partial charge in [-0.2, -0.15) is 0 Å². The second-order valence-corrected chi connectivity index (χ2v) is 3.53. The molecular formula is C11H27N5. The van der Waals surface area contributed by atoms with Crippen LogP contribution in [0.1, 0.15) is 0 Å². The lowest BCUT2D eigenvalue weighted by Gasteiger charge is -2.07. The van der Waals surface area contributed by atoms with Crippen LogP contribution in [0.5, 0.6) is 0 Å². The molecule has 6 N–H and O–H groups in total. The Morgan fingerprint density at radius 2 is 1.19 bits per heavy atom. The van der Waals surface area contributed by atoms with Crippen molar-refractivity contribution in [3.63, 3.8) is 0 Å². The maximum Gasteiger partial charge on any atom is 0.0132 e. The average molecular weight is 229 g/mol. The Bertz CT molecular complexity index is 140. The van der Waals surface area contributed by atoms with Crippen molar-refractivity contribution < 1.29 is 0 Å². The lowest BCUT2D eigenvalue weighted by atomic mass is 10.5. The van der Waals surface area contributed by atoms with Crippen LogP contribution >= 0.6 is 0 Å². The molecule has 5 heteroatoms. The fourth-order valence-electron chi connectivity index (χ4n) is 1.21. The molecule has 0 unspecified atom stereocenters. The molecule has 16 heavy (non-hydrogen) atoms. The molecule has 0 radical (unpaired) electrons. The SMILES string of the molecule is C=CCNCCNCCNCCNCCN. The summed E-state index contributed by atoms with van der Waals surface area (Å²) >= 11 is 0. The summed E-state index contributed by atoms with van der Waals surface area (Å²) < 4.78 is 0. The average Bonchev–Trinajstić information content (AvgIpc) is 2.31. The van der Waals surface area contributed by atoms with Crippen molar-refractivity contribution >= 4 is 0 Å². The summed E-state index contributed by atoms with van der Waals surface area (Å²) in [6.45, 7) is 12.1. The van der Waals surface area contributed by atoms with Gasteiger partial charge in [0.2, 0.25) is 0 Å². The predicted molar refractivity (Wildman–Crippen MR) is 70.7 cm³/mol.